The Hall–Kier alpha value is -2.03. The van der Waals surface area contributed by atoms with Crippen LogP contribution in [0.3, 0.4) is 0 Å². The normalized spacial score (nSPS) is 12.7. The van der Waals surface area contributed by atoms with Gasteiger partial charge in [0.2, 0.25) is 0 Å². The molecule has 0 aliphatic rings. The average molecular weight is 516 g/mol. The highest BCUT2D eigenvalue weighted by molar-refractivity contribution is 7.97. The summed E-state index contributed by atoms with van der Waals surface area (Å²) in [6.07, 6.45) is 0. The lowest BCUT2D eigenvalue weighted by molar-refractivity contribution is 0.0564. The molecule has 0 aliphatic heterocycles. The molecule has 3 aromatic rings. The van der Waals surface area contributed by atoms with Gasteiger partial charge in [-0.1, -0.05) is 54.6 Å². The molecule has 0 saturated heterocycles. The van der Waals surface area contributed by atoms with E-state index in [0.29, 0.717) is 22.6 Å². The van der Waals surface area contributed by atoms with Crippen molar-refractivity contribution in [1.29, 1.82) is 0 Å². The van der Waals surface area contributed by atoms with E-state index in [4.69, 9.17) is 9.79 Å². The fourth-order valence-corrected chi connectivity index (χ4v) is 5.11. The quantitative estimate of drug-likeness (QED) is 0.276. The number of phenolic OH excluding ortho intramolecular Hbond substituents is 1. The van der Waals surface area contributed by atoms with Gasteiger partial charge in [-0.2, -0.15) is 20.5 Å². The van der Waals surface area contributed by atoms with Crippen molar-refractivity contribution in [2.24, 2.45) is 0 Å². The molecular formula is C21H20F2O7P2S. The number of hydrogen-bond acceptors (Lipinski definition) is 4. The Labute approximate surface area is 192 Å². The largest absolute Gasteiger partial charge is 0.507 e. The number of alkyl halides is 2. The van der Waals surface area contributed by atoms with Gasteiger partial charge in [-0.15, -0.1) is 0 Å². The van der Waals surface area contributed by atoms with Crippen LogP contribution in [0.4, 0.5) is 8.78 Å². The summed E-state index contributed by atoms with van der Waals surface area (Å²) in [5, 5.41) is 9.24. The van der Waals surface area contributed by atoms with Crippen LogP contribution in [-0.4, -0.2) is 24.7 Å². The molecule has 3 rings (SSSR count). The monoisotopic (exact) mass is 516 g/mol. The molecule has 0 aliphatic carbocycles. The van der Waals surface area contributed by atoms with Crippen LogP contribution in [0.1, 0.15) is 16.7 Å². The van der Waals surface area contributed by atoms with Crippen molar-refractivity contribution in [3.05, 3.63) is 83.4 Å². The summed E-state index contributed by atoms with van der Waals surface area (Å²) in [4.78, 5) is 36.3. The summed E-state index contributed by atoms with van der Waals surface area (Å²) < 4.78 is 49.9. The topological polar surface area (TPSA) is 135 Å². The third-order valence-corrected chi connectivity index (χ3v) is 7.83. The average Bonchev–Trinajstić information content (AvgIpc) is 2.73. The first-order valence-corrected chi connectivity index (χ1v) is 13.8. The molecule has 0 atom stereocenters. The van der Waals surface area contributed by atoms with Gasteiger partial charge in [-0.25, -0.2) is 0 Å². The van der Waals surface area contributed by atoms with Gasteiger partial charge in [0.15, 0.2) is 0 Å². The molecule has 0 spiro atoms. The number of thioether (sulfide) groups is 1. The Morgan fingerprint density at radius 3 is 1.73 bits per heavy atom. The van der Waals surface area contributed by atoms with Gasteiger partial charge >= 0.3 is 20.9 Å². The van der Waals surface area contributed by atoms with Gasteiger partial charge < -0.3 is 24.7 Å². The van der Waals surface area contributed by atoms with Crippen LogP contribution < -0.4 is 5.30 Å². The van der Waals surface area contributed by atoms with Crippen molar-refractivity contribution in [1.82, 2.24) is 0 Å². The number of benzene rings is 3. The summed E-state index contributed by atoms with van der Waals surface area (Å²) in [7, 11) is -10.2. The second-order valence-corrected chi connectivity index (χ2v) is 11.4. The third kappa shape index (κ3) is 6.11. The minimum atomic E-state index is -5.60. The van der Waals surface area contributed by atoms with Gasteiger partial charge in [-0.3, -0.25) is 9.13 Å². The van der Waals surface area contributed by atoms with Crippen LogP contribution in [0, 0.1) is 0 Å². The zero-order valence-electron chi connectivity index (χ0n) is 16.9. The molecule has 0 amide bonds. The van der Waals surface area contributed by atoms with E-state index in [2.05, 4.69) is 0 Å². The van der Waals surface area contributed by atoms with Gasteiger partial charge in [0.1, 0.15) is 11.1 Å². The molecule has 33 heavy (non-hydrogen) atoms. The zero-order valence-corrected chi connectivity index (χ0v) is 19.5. The van der Waals surface area contributed by atoms with Crippen molar-refractivity contribution < 1.29 is 42.6 Å². The van der Waals surface area contributed by atoms with E-state index >= 15 is 0 Å². The molecule has 0 fully saturated rings. The van der Waals surface area contributed by atoms with E-state index < -0.39 is 37.5 Å². The van der Waals surface area contributed by atoms with Crippen molar-refractivity contribution in [3.63, 3.8) is 0 Å². The lowest BCUT2D eigenvalue weighted by Gasteiger charge is -2.18. The van der Waals surface area contributed by atoms with Gasteiger partial charge in [0.25, 0.3) is 0 Å². The molecule has 0 bridgehead atoms. The minimum absolute atomic E-state index is 0.441. The van der Waals surface area contributed by atoms with Crippen LogP contribution in [0.2, 0.25) is 0 Å². The van der Waals surface area contributed by atoms with Gasteiger partial charge in [-0.05, 0) is 34.4 Å². The molecule has 0 saturated carbocycles. The highest BCUT2D eigenvalue weighted by atomic mass is 32.2. The maximum atomic E-state index is 13.7. The number of aromatic hydroxyl groups is 1. The second kappa shape index (κ2) is 9.68. The molecule has 0 heterocycles. The van der Waals surface area contributed by atoms with Crippen LogP contribution in [0.15, 0.2) is 66.7 Å². The van der Waals surface area contributed by atoms with Crippen molar-refractivity contribution >= 4 is 32.3 Å². The summed E-state index contributed by atoms with van der Waals surface area (Å²) in [6, 6.07) is 16.1. The summed E-state index contributed by atoms with van der Waals surface area (Å²) in [6.45, 7) is 0. The van der Waals surface area contributed by atoms with Crippen LogP contribution in [-0.2, 0) is 26.3 Å². The SMILES string of the molecule is O=P(O)(O)c1cc(-c2ccc(CSCc3ccc(C(F)(F)P(=O)(O)O)cc3)cc2)ccc1O. The number of phenols is 1. The molecule has 0 unspecified atom stereocenters. The molecule has 0 radical (unpaired) electrons. The first kappa shape index (κ1) is 25.6. The zero-order chi connectivity index (χ0) is 24.4. The predicted molar refractivity (Wildman–Crippen MR) is 123 cm³/mol. The van der Waals surface area contributed by atoms with Crippen molar-refractivity contribution in [2.75, 3.05) is 0 Å². The molecule has 5 N–H and O–H groups in total. The van der Waals surface area contributed by atoms with Crippen molar-refractivity contribution in [3.8, 4) is 16.9 Å². The van der Waals surface area contributed by atoms with Crippen LogP contribution in [0.5, 0.6) is 5.75 Å². The van der Waals surface area contributed by atoms with E-state index in [1.807, 2.05) is 12.1 Å². The van der Waals surface area contributed by atoms with Crippen LogP contribution >= 0.6 is 27.0 Å². The Bertz CT molecular complexity index is 1220. The number of halogens is 2. The first-order chi connectivity index (χ1) is 15.3. The molecule has 12 heteroatoms. The fraction of sp³-hybridized carbons (Fsp3) is 0.143. The molecular weight excluding hydrogens is 496 g/mol. The molecule has 3 aromatic carbocycles. The molecule has 0 aromatic heterocycles. The molecule has 176 valence electrons. The minimum Gasteiger partial charge on any atom is -0.507 e. The van der Waals surface area contributed by atoms with E-state index in [1.54, 1.807) is 18.2 Å². The van der Waals surface area contributed by atoms with E-state index in [-0.39, 0.29) is 0 Å². The number of rotatable bonds is 8. The maximum Gasteiger partial charge on any atom is 0.399 e. The number of hydrogen-bond donors (Lipinski definition) is 5. The first-order valence-electron chi connectivity index (χ1n) is 9.38. The maximum absolute atomic E-state index is 13.7. The standard InChI is InChI=1S/C21H20F2O7P2S/c22-21(23,32(28,29)30)18-8-3-15(4-9-18)13-33-12-14-1-5-16(6-2-14)17-7-10-19(24)20(11-17)31(25,26)27/h1-11,24H,12-13H2,(H2,25,26,27)(H2,28,29,30). The lowest BCUT2D eigenvalue weighted by atomic mass is 10.0. The highest BCUT2D eigenvalue weighted by Crippen LogP contribution is 2.59. The van der Waals surface area contributed by atoms with Gasteiger partial charge in [0.05, 0.1) is 0 Å². The van der Waals surface area contributed by atoms with Gasteiger partial charge in [0, 0.05) is 17.1 Å². The molecule has 7 nitrogen and oxygen atoms in total. The Morgan fingerprint density at radius 2 is 1.24 bits per heavy atom. The lowest BCUT2D eigenvalue weighted by Crippen LogP contribution is -2.13. The summed E-state index contributed by atoms with van der Waals surface area (Å²) in [5.41, 5.74) is -2.04. The smallest absolute Gasteiger partial charge is 0.399 e. The van der Waals surface area contributed by atoms with E-state index in [1.165, 1.54) is 36.0 Å². The summed E-state index contributed by atoms with van der Waals surface area (Å²) in [5.74, 6) is 0.621. The Kier molecular flexibility index (Phi) is 7.51. The highest BCUT2D eigenvalue weighted by Gasteiger charge is 2.50. The second-order valence-electron chi connectivity index (χ2n) is 7.22. The summed E-state index contributed by atoms with van der Waals surface area (Å²) >= 11 is 1.51. The predicted octanol–water partition coefficient (Wildman–Crippen LogP) is 4.52. The van der Waals surface area contributed by atoms with E-state index in [9.17, 15) is 32.8 Å². The van der Waals surface area contributed by atoms with E-state index in [0.717, 1.165) is 23.3 Å². The fourth-order valence-electron chi connectivity index (χ4n) is 2.99. The third-order valence-electron chi connectivity index (χ3n) is 4.78. The van der Waals surface area contributed by atoms with Crippen LogP contribution in [0.25, 0.3) is 11.1 Å². The Balaban J connectivity index is 1.62. The Morgan fingerprint density at radius 1 is 0.758 bits per heavy atom. The van der Waals surface area contributed by atoms with Crippen molar-refractivity contribution in [2.45, 2.75) is 17.2 Å².